The van der Waals surface area contributed by atoms with E-state index in [2.05, 4.69) is 50.4 Å². The lowest BCUT2D eigenvalue weighted by molar-refractivity contribution is 0.590. The van der Waals surface area contributed by atoms with Crippen molar-refractivity contribution in [2.75, 3.05) is 13.1 Å². The molecule has 2 rings (SSSR count). The predicted molar refractivity (Wildman–Crippen MR) is 65.2 cm³/mol. The van der Waals surface area contributed by atoms with E-state index >= 15 is 0 Å². The van der Waals surface area contributed by atoms with Crippen molar-refractivity contribution >= 4 is 0 Å². The zero-order valence-electron chi connectivity index (χ0n) is 10.0. The Bertz CT molecular complexity index is 345. The Labute approximate surface area is 92.9 Å². The van der Waals surface area contributed by atoms with Gasteiger partial charge in [-0.2, -0.15) is 0 Å². The Balaban J connectivity index is 2.10. The van der Waals surface area contributed by atoms with Gasteiger partial charge in [0.2, 0.25) is 0 Å². The van der Waals surface area contributed by atoms with Gasteiger partial charge in [-0.1, -0.05) is 38.1 Å². The molecule has 1 nitrogen and oxygen atoms in total. The Kier molecular flexibility index (Phi) is 2.83. The number of hydrogen-bond acceptors (Lipinski definition) is 1. The molecule has 1 N–H and O–H groups in total. The standard InChI is InChI=1S/C14H21N/c1-4-15-10-12-9-14(12,3)13-8-6-5-7-11(13)2/h5-8,12,15H,4,9-10H2,1-3H3. The Morgan fingerprint density at radius 1 is 1.40 bits per heavy atom. The smallest absolute Gasteiger partial charge is 0.00119 e. The number of nitrogens with one attached hydrogen (secondary N) is 1. The topological polar surface area (TPSA) is 12.0 Å². The van der Waals surface area contributed by atoms with Gasteiger partial charge >= 0.3 is 0 Å². The summed E-state index contributed by atoms with van der Waals surface area (Å²) in [4.78, 5) is 0. The molecule has 1 aromatic rings. The molecule has 0 aliphatic heterocycles. The third-order valence-corrected chi connectivity index (χ3v) is 3.81. The van der Waals surface area contributed by atoms with E-state index in [-0.39, 0.29) is 0 Å². The summed E-state index contributed by atoms with van der Waals surface area (Å²) < 4.78 is 0. The summed E-state index contributed by atoms with van der Waals surface area (Å²) in [6.07, 6.45) is 1.34. The predicted octanol–water partition coefficient (Wildman–Crippen LogP) is 2.88. The van der Waals surface area contributed by atoms with Crippen molar-refractivity contribution in [3.8, 4) is 0 Å². The molecule has 1 aliphatic rings. The molecule has 1 fully saturated rings. The second-order valence-electron chi connectivity index (χ2n) is 4.94. The number of aryl methyl sites for hydroxylation is 1. The largest absolute Gasteiger partial charge is 0.317 e. The second-order valence-corrected chi connectivity index (χ2v) is 4.94. The van der Waals surface area contributed by atoms with Crippen molar-refractivity contribution in [1.82, 2.24) is 5.32 Å². The molecular formula is C14H21N. The highest BCUT2D eigenvalue weighted by Crippen LogP contribution is 2.54. The molecule has 1 aliphatic carbocycles. The normalized spacial score (nSPS) is 29.1. The first kappa shape index (κ1) is 10.7. The number of benzene rings is 1. The molecule has 0 amide bonds. The fourth-order valence-electron chi connectivity index (χ4n) is 2.61. The van der Waals surface area contributed by atoms with Crippen molar-refractivity contribution < 1.29 is 0 Å². The van der Waals surface area contributed by atoms with Crippen LogP contribution in [0.5, 0.6) is 0 Å². The van der Waals surface area contributed by atoms with Crippen LogP contribution in [0.15, 0.2) is 24.3 Å². The van der Waals surface area contributed by atoms with Gasteiger partial charge in [0.05, 0.1) is 0 Å². The monoisotopic (exact) mass is 203 g/mol. The molecule has 0 bridgehead atoms. The fraction of sp³-hybridized carbons (Fsp3) is 0.571. The summed E-state index contributed by atoms with van der Waals surface area (Å²) in [6, 6.07) is 8.81. The lowest BCUT2D eigenvalue weighted by atomic mass is 9.91. The Morgan fingerprint density at radius 3 is 2.80 bits per heavy atom. The van der Waals surface area contributed by atoms with Crippen LogP contribution in [-0.2, 0) is 5.41 Å². The summed E-state index contributed by atoms with van der Waals surface area (Å²) in [6.45, 7) is 9.05. The maximum Gasteiger partial charge on any atom is -0.00119 e. The van der Waals surface area contributed by atoms with Crippen LogP contribution in [0.1, 0.15) is 31.4 Å². The highest BCUT2D eigenvalue weighted by Gasteiger charge is 2.50. The molecule has 0 saturated heterocycles. The molecule has 82 valence electrons. The van der Waals surface area contributed by atoms with Crippen molar-refractivity contribution in [3.63, 3.8) is 0 Å². The van der Waals surface area contributed by atoms with E-state index in [0.29, 0.717) is 5.41 Å². The summed E-state index contributed by atoms with van der Waals surface area (Å²) in [5, 5.41) is 3.45. The first-order valence-corrected chi connectivity index (χ1v) is 5.95. The number of hydrogen-bond donors (Lipinski definition) is 1. The van der Waals surface area contributed by atoms with E-state index < -0.39 is 0 Å². The maximum absolute atomic E-state index is 3.45. The molecule has 2 unspecified atom stereocenters. The van der Waals surface area contributed by atoms with E-state index in [0.717, 1.165) is 12.5 Å². The second kappa shape index (κ2) is 3.97. The lowest BCUT2D eigenvalue weighted by Gasteiger charge is -2.15. The first-order chi connectivity index (χ1) is 7.18. The fourth-order valence-corrected chi connectivity index (χ4v) is 2.61. The minimum Gasteiger partial charge on any atom is -0.317 e. The minimum absolute atomic E-state index is 0.438. The molecule has 1 heteroatoms. The molecule has 1 saturated carbocycles. The Hall–Kier alpha value is -0.820. The van der Waals surface area contributed by atoms with E-state index in [4.69, 9.17) is 0 Å². The van der Waals surface area contributed by atoms with Gasteiger partial charge in [-0.05, 0) is 48.9 Å². The SMILES string of the molecule is CCNCC1CC1(C)c1ccccc1C. The zero-order valence-corrected chi connectivity index (χ0v) is 10.0. The van der Waals surface area contributed by atoms with Crippen molar-refractivity contribution in [1.29, 1.82) is 0 Å². The van der Waals surface area contributed by atoms with Crippen LogP contribution in [0, 0.1) is 12.8 Å². The van der Waals surface area contributed by atoms with Crippen LogP contribution in [0.4, 0.5) is 0 Å². The van der Waals surface area contributed by atoms with E-state index in [9.17, 15) is 0 Å². The Morgan fingerprint density at radius 2 is 2.13 bits per heavy atom. The number of rotatable bonds is 4. The molecule has 15 heavy (non-hydrogen) atoms. The quantitative estimate of drug-likeness (QED) is 0.793. The van der Waals surface area contributed by atoms with Gasteiger partial charge in [0.25, 0.3) is 0 Å². The van der Waals surface area contributed by atoms with Gasteiger partial charge in [0.1, 0.15) is 0 Å². The van der Waals surface area contributed by atoms with Crippen LogP contribution in [0.2, 0.25) is 0 Å². The van der Waals surface area contributed by atoms with E-state index in [1.54, 1.807) is 5.56 Å². The van der Waals surface area contributed by atoms with Crippen molar-refractivity contribution in [3.05, 3.63) is 35.4 Å². The van der Waals surface area contributed by atoms with Gasteiger partial charge in [0.15, 0.2) is 0 Å². The van der Waals surface area contributed by atoms with Gasteiger partial charge in [0, 0.05) is 0 Å². The average molecular weight is 203 g/mol. The van der Waals surface area contributed by atoms with Gasteiger partial charge in [-0.15, -0.1) is 0 Å². The molecule has 0 heterocycles. The third-order valence-electron chi connectivity index (χ3n) is 3.81. The highest BCUT2D eigenvalue weighted by molar-refractivity contribution is 5.38. The summed E-state index contributed by atoms with van der Waals surface area (Å²) in [5.41, 5.74) is 3.43. The lowest BCUT2D eigenvalue weighted by Crippen LogP contribution is -2.20. The molecule has 2 atom stereocenters. The van der Waals surface area contributed by atoms with Gasteiger partial charge < -0.3 is 5.32 Å². The van der Waals surface area contributed by atoms with Gasteiger partial charge in [-0.3, -0.25) is 0 Å². The van der Waals surface area contributed by atoms with E-state index in [1.165, 1.54) is 18.5 Å². The minimum atomic E-state index is 0.438. The summed E-state index contributed by atoms with van der Waals surface area (Å²) >= 11 is 0. The van der Waals surface area contributed by atoms with Crippen molar-refractivity contribution in [2.24, 2.45) is 5.92 Å². The highest BCUT2D eigenvalue weighted by atomic mass is 14.9. The van der Waals surface area contributed by atoms with Crippen LogP contribution in [0.25, 0.3) is 0 Å². The molecule has 0 radical (unpaired) electrons. The zero-order chi connectivity index (χ0) is 10.9. The average Bonchev–Trinajstić information content (AvgIpc) is 2.88. The maximum atomic E-state index is 3.45. The van der Waals surface area contributed by atoms with Crippen LogP contribution >= 0.6 is 0 Å². The molecular weight excluding hydrogens is 182 g/mol. The van der Waals surface area contributed by atoms with Crippen LogP contribution in [0.3, 0.4) is 0 Å². The van der Waals surface area contributed by atoms with Gasteiger partial charge in [-0.25, -0.2) is 0 Å². The van der Waals surface area contributed by atoms with E-state index in [1.807, 2.05) is 0 Å². The van der Waals surface area contributed by atoms with Crippen LogP contribution < -0.4 is 5.32 Å². The third kappa shape index (κ3) is 1.93. The first-order valence-electron chi connectivity index (χ1n) is 5.95. The summed E-state index contributed by atoms with van der Waals surface area (Å²) in [5.74, 6) is 0.832. The summed E-state index contributed by atoms with van der Waals surface area (Å²) in [7, 11) is 0. The van der Waals surface area contributed by atoms with Crippen molar-refractivity contribution in [2.45, 2.75) is 32.6 Å². The molecule has 0 spiro atoms. The molecule has 0 aromatic heterocycles. The van der Waals surface area contributed by atoms with Crippen LogP contribution in [-0.4, -0.2) is 13.1 Å². The molecule has 1 aromatic carbocycles.